The van der Waals surface area contributed by atoms with Crippen LogP contribution in [0.3, 0.4) is 0 Å². The zero-order valence-corrected chi connectivity index (χ0v) is 10.3. The molecule has 0 atom stereocenters. The van der Waals surface area contributed by atoms with E-state index in [-0.39, 0.29) is 5.56 Å². The predicted octanol–water partition coefficient (Wildman–Crippen LogP) is 0.823. The number of amides is 1. The molecule has 7 heteroatoms. The number of pyridine rings is 2. The maximum Gasteiger partial charge on any atom is 0.253 e. The second-order valence-corrected chi connectivity index (χ2v) is 3.98. The molecule has 2 N–H and O–H groups in total. The molecular formula is C13H10N6O. The van der Waals surface area contributed by atoms with Crippen LogP contribution in [0, 0.1) is 0 Å². The maximum absolute atomic E-state index is 11.8. The first-order valence-electron chi connectivity index (χ1n) is 5.84. The molecule has 20 heavy (non-hydrogen) atoms. The number of primary amides is 1. The van der Waals surface area contributed by atoms with E-state index in [0.29, 0.717) is 17.1 Å². The number of hydrogen-bond donors (Lipinski definition) is 1. The molecule has 0 aromatic carbocycles. The Morgan fingerprint density at radius 1 is 1.10 bits per heavy atom. The van der Waals surface area contributed by atoms with E-state index in [0.717, 1.165) is 0 Å². The van der Waals surface area contributed by atoms with Gasteiger partial charge in [-0.25, -0.2) is 4.68 Å². The number of nitrogens with two attached hydrogens (primary N) is 1. The summed E-state index contributed by atoms with van der Waals surface area (Å²) in [6.07, 6.45) is 6.35. The summed E-state index contributed by atoms with van der Waals surface area (Å²) in [5.41, 5.74) is 7.27. The standard InChI is InChI=1S/C13H10N6O/c14-13(20)11-10(19-8-7-17-18-19)4-6-16-12(11)9-3-1-2-5-15-9/h1-8H,(H2,14,20). The van der Waals surface area contributed by atoms with Gasteiger partial charge in [0.25, 0.3) is 5.91 Å². The molecule has 3 heterocycles. The number of nitrogens with zero attached hydrogens (tertiary/aromatic N) is 5. The van der Waals surface area contributed by atoms with Crippen LogP contribution in [0.4, 0.5) is 0 Å². The Morgan fingerprint density at radius 2 is 2.00 bits per heavy atom. The zero-order valence-electron chi connectivity index (χ0n) is 10.3. The summed E-state index contributed by atoms with van der Waals surface area (Å²) in [6, 6.07) is 7.02. The first kappa shape index (κ1) is 12.0. The summed E-state index contributed by atoms with van der Waals surface area (Å²) < 4.78 is 1.47. The minimum atomic E-state index is -0.593. The van der Waals surface area contributed by atoms with Gasteiger partial charge in [-0.05, 0) is 18.2 Å². The number of carbonyl (C=O) groups is 1. The van der Waals surface area contributed by atoms with Crippen molar-refractivity contribution in [1.29, 1.82) is 0 Å². The number of aromatic nitrogens is 5. The largest absolute Gasteiger partial charge is 0.365 e. The van der Waals surface area contributed by atoms with Gasteiger partial charge in [0.15, 0.2) is 0 Å². The Hall–Kier alpha value is -3.09. The Balaban J connectivity index is 2.26. The summed E-state index contributed by atoms with van der Waals surface area (Å²) in [5, 5.41) is 7.60. The molecule has 3 rings (SSSR count). The van der Waals surface area contributed by atoms with Crippen molar-refractivity contribution in [3.63, 3.8) is 0 Å². The van der Waals surface area contributed by atoms with Gasteiger partial charge in [0.1, 0.15) is 5.69 Å². The molecule has 0 aliphatic heterocycles. The van der Waals surface area contributed by atoms with Crippen LogP contribution in [0.25, 0.3) is 17.1 Å². The average molecular weight is 266 g/mol. The third kappa shape index (κ3) is 2.01. The Labute approximate surface area is 114 Å². The van der Waals surface area contributed by atoms with E-state index in [4.69, 9.17) is 5.73 Å². The summed E-state index contributed by atoms with van der Waals surface area (Å²) in [7, 11) is 0. The SMILES string of the molecule is NC(=O)c1c(-n2ccnn2)ccnc1-c1ccccn1. The van der Waals surface area contributed by atoms with Crippen molar-refractivity contribution >= 4 is 5.91 Å². The van der Waals surface area contributed by atoms with E-state index >= 15 is 0 Å². The highest BCUT2D eigenvalue weighted by atomic mass is 16.1. The number of rotatable bonds is 3. The highest BCUT2D eigenvalue weighted by molar-refractivity contribution is 6.01. The lowest BCUT2D eigenvalue weighted by atomic mass is 10.1. The summed E-state index contributed by atoms with van der Waals surface area (Å²) in [5.74, 6) is -0.593. The lowest BCUT2D eigenvalue weighted by Crippen LogP contribution is -2.17. The maximum atomic E-state index is 11.8. The molecular weight excluding hydrogens is 256 g/mol. The monoisotopic (exact) mass is 266 g/mol. The Kier molecular flexibility index (Phi) is 2.92. The van der Waals surface area contributed by atoms with Crippen molar-refractivity contribution in [2.24, 2.45) is 5.73 Å². The van der Waals surface area contributed by atoms with Crippen LogP contribution < -0.4 is 5.73 Å². The van der Waals surface area contributed by atoms with Crippen LogP contribution in [0.15, 0.2) is 49.1 Å². The first-order chi connectivity index (χ1) is 9.77. The average Bonchev–Trinajstić information content (AvgIpc) is 3.01. The third-order valence-corrected chi connectivity index (χ3v) is 2.75. The van der Waals surface area contributed by atoms with Gasteiger partial charge in [-0.15, -0.1) is 5.10 Å². The van der Waals surface area contributed by atoms with Crippen molar-refractivity contribution in [1.82, 2.24) is 25.0 Å². The topological polar surface area (TPSA) is 99.6 Å². The molecule has 0 spiro atoms. The predicted molar refractivity (Wildman–Crippen MR) is 70.9 cm³/mol. The fourth-order valence-corrected chi connectivity index (χ4v) is 1.92. The number of carbonyl (C=O) groups excluding carboxylic acids is 1. The van der Waals surface area contributed by atoms with E-state index in [2.05, 4.69) is 20.3 Å². The highest BCUT2D eigenvalue weighted by Gasteiger charge is 2.18. The minimum absolute atomic E-state index is 0.261. The molecule has 0 saturated heterocycles. The van der Waals surface area contributed by atoms with Gasteiger partial charge < -0.3 is 5.73 Å². The minimum Gasteiger partial charge on any atom is -0.365 e. The van der Waals surface area contributed by atoms with Crippen LogP contribution in [0.5, 0.6) is 0 Å². The second kappa shape index (κ2) is 4.88. The van der Waals surface area contributed by atoms with Crippen molar-refractivity contribution in [3.05, 3.63) is 54.6 Å². The van der Waals surface area contributed by atoms with Crippen molar-refractivity contribution in [2.45, 2.75) is 0 Å². The zero-order chi connectivity index (χ0) is 13.9. The van der Waals surface area contributed by atoms with Crippen LogP contribution in [0.1, 0.15) is 10.4 Å². The van der Waals surface area contributed by atoms with Crippen LogP contribution >= 0.6 is 0 Å². The highest BCUT2D eigenvalue weighted by Crippen LogP contribution is 2.23. The molecule has 1 amide bonds. The van der Waals surface area contributed by atoms with Gasteiger partial charge in [-0.1, -0.05) is 11.3 Å². The van der Waals surface area contributed by atoms with Crippen LogP contribution in [-0.4, -0.2) is 30.9 Å². The van der Waals surface area contributed by atoms with Gasteiger partial charge in [-0.3, -0.25) is 14.8 Å². The van der Waals surface area contributed by atoms with Gasteiger partial charge in [0, 0.05) is 12.4 Å². The molecule has 0 fully saturated rings. The molecule has 0 aliphatic carbocycles. The normalized spacial score (nSPS) is 10.4. The van der Waals surface area contributed by atoms with Crippen molar-refractivity contribution in [2.75, 3.05) is 0 Å². The third-order valence-electron chi connectivity index (χ3n) is 2.75. The fraction of sp³-hybridized carbons (Fsp3) is 0. The lowest BCUT2D eigenvalue weighted by Gasteiger charge is -2.10. The number of hydrogen-bond acceptors (Lipinski definition) is 5. The van der Waals surface area contributed by atoms with Gasteiger partial charge >= 0.3 is 0 Å². The summed E-state index contributed by atoms with van der Waals surface area (Å²) in [4.78, 5) is 20.2. The molecule has 3 aromatic rings. The Morgan fingerprint density at radius 3 is 2.65 bits per heavy atom. The molecule has 0 bridgehead atoms. The molecule has 0 radical (unpaired) electrons. The van der Waals surface area contributed by atoms with E-state index in [1.165, 1.54) is 10.9 Å². The molecule has 3 aromatic heterocycles. The molecule has 0 saturated carbocycles. The fourth-order valence-electron chi connectivity index (χ4n) is 1.92. The first-order valence-corrected chi connectivity index (χ1v) is 5.84. The summed E-state index contributed by atoms with van der Waals surface area (Å²) >= 11 is 0. The smallest absolute Gasteiger partial charge is 0.253 e. The molecule has 98 valence electrons. The Bertz CT molecular complexity index is 739. The lowest BCUT2D eigenvalue weighted by molar-refractivity contribution is 0.100. The van der Waals surface area contributed by atoms with Crippen LogP contribution in [0.2, 0.25) is 0 Å². The quantitative estimate of drug-likeness (QED) is 0.756. The van der Waals surface area contributed by atoms with Gasteiger partial charge in [-0.2, -0.15) is 0 Å². The van der Waals surface area contributed by atoms with Crippen molar-refractivity contribution in [3.8, 4) is 17.1 Å². The van der Waals surface area contributed by atoms with Crippen LogP contribution in [-0.2, 0) is 0 Å². The summed E-state index contributed by atoms with van der Waals surface area (Å²) in [6.45, 7) is 0. The second-order valence-electron chi connectivity index (χ2n) is 3.98. The van der Waals surface area contributed by atoms with E-state index < -0.39 is 5.91 Å². The van der Waals surface area contributed by atoms with Gasteiger partial charge in [0.05, 0.1) is 29.3 Å². The van der Waals surface area contributed by atoms with E-state index in [1.807, 2.05) is 6.07 Å². The molecule has 0 unspecified atom stereocenters. The van der Waals surface area contributed by atoms with Gasteiger partial charge in [0.2, 0.25) is 0 Å². The van der Waals surface area contributed by atoms with Crippen molar-refractivity contribution < 1.29 is 4.79 Å². The molecule has 7 nitrogen and oxygen atoms in total. The van der Waals surface area contributed by atoms with E-state index in [9.17, 15) is 4.79 Å². The van der Waals surface area contributed by atoms with E-state index in [1.54, 1.807) is 36.8 Å². The molecule has 0 aliphatic rings.